The van der Waals surface area contributed by atoms with Crippen molar-refractivity contribution in [1.29, 1.82) is 0 Å². The molecule has 1 N–H and O–H groups in total. The predicted octanol–water partition coefficient (Wildman–Crippen LogP) is 5.22. The highest BCUT2D eigenvalue weighted by molar-refractivity contribution is 5.96. The smallest absolute Gasteiger partial charge is 0.246 e. The second-order valence-electron chi connectivity index (χ2n) is 9.27. The number of aryl methyl sites for hydroxylation is 3. The molecule has 0 spiro atoms. The van der Waals surface area contributed by atoms with Crippen LogP contribution in [0.3, 0.4) is 0 Å². The van der Waals surface area contributed by atoms with Crippen molar-refractivity contribution < 1.29 is 9.53 Å². The number of ether oxygens (including phenoxy) is 1. The maximum absolute atomic E-state index is 13.1. The van der Waals surface area contributed by atoms with E-state index in [1.807, 2.05) is 55.8 Å². The van der Waals surface area contributed by atoms with Crippen LogP contribution in [0.1, 0.15) is 28.2 Å². The molecule has 2 aromatic carbocycles. The Morgan fingerprint density at radius 3 is 2.30 bits per heavy atom. The summed E-state index contributed by atoms with van der Waals surface area (Å²) in [6.45, 7) is 8.58. The molecular weight excluding hydrogens is 464 g/mol. The van der Waals surface area contributed by atoms with Crippen LogP contribution in [0.4, 0.5) is 5.69 Å². The van der Waals surface area contributed by atoms with Crippen LogP contribution in [0.5, 0.6) is 5.75 Å². The Balaban J connectivity index is 1.37. The van der Waals surface area contributed by atoms with Gasteiger partial charge in [0.15, 0.2) is 5.65 Å². The lowest BCUT2D eigenvalue weighted by Crippen LogP contribution is -2.20. The summed E-state index contributed by atoms with van der Waals surface area (Å²) in [5.74, 6) is 0.619. The number of nitrogens with one attached hydrogen (secondary N) is 1. The summed E-state index contributed by atoms with van der Waals surface area (Å²) in [6, 6.07) is 18.2. The van der Waals surface area contributed by atoms with E-state index < -0.39 is 0 Å². The quantitative estimate of drug-likeness (QED) is 0.335. The molecule has 0 saturated heterocycles. The van der Waals surface area contributed by atoms with Gasteiger partial charge in [0.05, 0.1) is 36.4 Å². The molecule has 5 rings (SSSR count). The lowest BCUT2D eigenvalue weighted by atomic mass is 10.0. The number of carbonyl (C=O) groups excluding carboxylic acids is 1. The van der Waals surface area contributed by atoms with Crippen molar-refractivity contribution in [3.8, 4) is 16.9 Å². The van der Waals surface area contributed by atoms with E-state index in [9.17, 15) is 4.79 Å². The largest absolute Gasteiger partial charge is 0.497 e. The van der Waals surface area contributed by atoms with Gasteiger partial charge in [0.1, 0.15) is 12.3 Å². The molecule has 5 aromatic rings. The Bertz CT molecular complexity index is 1580. The topological polar surface area (TPSA) is 86.9 Å². The van der Waals surface area contributed by atoms with E-state index in [0.717, 1.165) is 50.6 Å². The van der Waals surface area contributed by atoms with Gasteiger partial charge in [0.25, 0.3) is 0 Å². The Morgan fingerprint density at radius 2 is 1.59 bits per heavy atom. The SMILES string of the molecule is COc1ccc(-c2ccnc3c2c(C)nn3CC(=O)Nc2c(C)nn(Cc3ccc(C)cc3)c2C)cc1. The number of nitrogens with zero attached hydrogens (tertiary/aromatic N) is 5. The van der Waals surface area contributed by atoms with Gasteiger partial charge in [-0.15, -0.1) is 0 Å². The van der Waals surface area contributed by atoms with Gasteiger partial charge in [0, 0.05) is 11.6 Å². The highest BCUT2D eigenvalue weighted by Gasteiger charge is 2.18. The zero-order valence-corrected chi connectivity index (χ0v) is 21.7. The van der Waals surface area contributed by atoms with Crippen molar-refractivity contribution in [3.05, 3.63) is 89.0 Å². The number of carbonyl (C=O) groups is 1. The third kappa shape index (κ3) is 4.82. The molecule has 0 fully saturated rings. The van der Waals surface area contributed by atoms with E-state index in [0.29, 0.717) is 12.2 Å². The van der Waals surface area contributed by atoms with Crippen molar-refractivity contribution in [2.24, 2.45) is 0 Å². The summed E-state index contributed by atoms with van der Waals surface area (Å²) in [4.78, 5) is 17.7. The van der Waals surface area contributed by atoms with Gasteiger partial charge in [-0.1, -0.05) is 42.0 Å². The highest BCUT2D eigenvalue weighted by atomic mass is 16.5. The predicted molar refractivity (Wildman–Crippen MR) is 145 cm³/mol. The normalized spacial score (nSPS) is 11.2. The number of hydrogen-bond acceptors (Lipinski definition) is 5. The fourth-order valence-corrected chi connectivity index (χ4v) is 4.62. The molecule has 0 aliphatic carbocycles. The minimum absolute atomic E-state index is 0.0471. The number of aromatic nitrogens is 5. The molecule has 0 unspecified atom stereocenters. The number of amides is 1. The molecule has 1 amide bonds. The van der Waals surface area contributed by atoms with Gasteiger partial charge >= 0.3 is 0 Å². The Labute approximate surface area is 215 Å². The molecule has 0 bridgehead atoms. The average molecular weight is 495 g/mol. The number of methoxy groups -OCH3 is 1. The first-order valence-electron chi connectivity index (χ1n) is 12.2. The summed E-state index contributed by atoms with van der Waals surface area (Å²) < 4.78 is 8.87. The molecule has 37 heavy (non-hydrogen) atoms. The van der Waals surface area contributed by atoms with Crippen LogP contribution in [-0.2, 0) is 17.9 Å². The molecule has 8 heteroatoms. The molecule has 188 valence electrons. The van der Waals surface area contributed by atoms with Crippen molar-refractivity contribution >= 4 is 22.6 Å². The monoisotopic (exact) mass is 494 g/mol. The summed E-state index contributed by atoms with van der Waals surface area (Å²) in [7, 11) is 1.65. The van der Waals surface area contributed by atoms with E-state index in [4.69, 9.17) is 4.74 Å². The van der Waals surface area contributed by atoms with Gasteiger partial charge in [-0.2, -0.15) is 10.2 Å². The number of benzene rings is 2. The molecule has 0 radical (unpaired) electrons. The van der Waals surface area contributed by atoms with Crippen molar-refractivity contribution in [2.45, 2.75) is 40.8 Å². The maximum Gasteiger partial charge on any atom is 0.246 e. The van der Waals surface area contributed by atoms with Crippen LogP contribution in [0.25, 0.3) is 22.2 Å². The first kappa shape index (κ1) is 24.2. The Morgan fingerprint density at radius 1 is 0.892 bits per heavy atom. The lowest BCUT2D eigenvalue weighted by molar-refractivity contribution is -0.116. The maximum atomic E-state index is 13.1. The van der Waals surface area contributed by atoms with Crippen LogP contribution in [0.15, 0.2) is 60.8 Å². The zero-order chi connectivity index (χ0) is 26.1. The van der Waals surface area contributed by atoms with E-state index in [-0.39, 0.29) is 12.5 Å². The number of hydrogen-bond donors (Lipinski definition) is 1. The third-order valence-corrected chi connectivity index (χ3v) is 6.60. The number of anilines is 1. The molecule has 3 aromatic heterocycles. The fourth-order valence-electron chi connectivity index (χ4n) is 4.62. The highest BCUT2D eigenvalue weighted by Crippen LogP contribution is 2.31. The van der Waals surface area contributed by atoms with E-state index in [2.05, 4.69) is 51.7 Å². The van der Waals surface area contributed by atoms with Crippen LogP contribution in [0.2, 0.25) is 0 Å². The van der Waals surface area contributed by atoms with Crippen molar-refractivity contribution in [3.63, 3.8) is 0 Å². The van der Waals surface area contributed by atoms with Gasteiger partial charge < -0.3 is 10.1 Å². The first-order valence-corrected chi connectivity index (χ1v) is 12.2. The molecule has 0 aliphatic rings. The van der Waals surface area contributed by atoms with Crippen LogP contribution >= 0.6 is 0 Å². The summed E-state index contributed by atoms with van der Waals surface area (Å²) in [6.07, 6.45) is 1.75. The second-order valence-corrected chi connectivity index (χ2v) is 9.27. The van der Waals surface area contributed by atoms with Gasteiger partial charge in [-0.25, -0.2) is 9.67 Å². The van der Waals surface area contributed by atoms with E-state index >= 15 is 0 Å². The van der Waals surface area contributed by atoms with Crippen molar-refractivity contribution in [1.82, 2.24) is 24.5 Å². The molecule has 0 saturated carbocycles. The molecule has 3 heterocycles. The van der Waals surface area contributed by atoms with Gasteiger partial charge in [-0.05, 0) is 62.6 Å². The van der Waals surface area contributed by atoms with Gasteiger partial charge in [-0.3, -0.25) is 9.48 Å². The van der Waals surface area contributed by atoms with Crippen LogP contribution in [-0.4, -0.2) is 37.6 Å². The van der Waals surface area contributed by atoms with E-state index in [1.54, 1.807) is 18.0 Å². The molecule has 8 nitrogen and oxygen atoms in total. The molecular formula is C29H30N6O2. The van der Waals surface area contributed by atoms with E-state index in [1.165, 1.54) is 5.56 Å². The number of rotatable bonds is 7. The number of fused-ring (bicyclic) bond motifs is 1. The lowest BCUT2D eigenvalue weighted by Gasteiger charge is -2.09. The minimum atomic E-state index is -0.179. The zero-order valence-electron chi connectivity index (χ0n) is 21.7. The summed E-state index contributed by atoms with van der Waals surface area (Å²) in [5.41, 5.74) is 8.34. The fraction of sp³-hybridized carbons (Fsp3) is 0.241. The average Bonchev–Trinajstić information content (AvgIpc) is 3.35. The van der Waals surface area contributed by atoms with Gasteiger partial charge in [0.2, 0.25) is 5.91 Å². The second kappa shape index (κ2) is 9.89. The Kier molecular flexibility index (Phi) is 6.48. The van der Waals surface area contributed by atoms with Crippen molar-refractivity contribution in [2.75, 3.05) is 12.4 Å². The van der Waals surface area contributed by atoms with Crippen LogP contribution in [0, 0.1) is 27.7 Å². The third-order valence-electron chi connectivity index (χ3n) is 6.60. The Hall–Kier alpha value is -4.46. The van der Waals surface area contributed by atoms with Crippen LogP contribution < -0.4 is 10.1 Å². The molecule has 0 atom stereocenters. The summed E-state index contributed by atoms with van der Waals surface area (Å²) in [5, 5.41) is 13.3. The first-order chi connectivity index (χ1) is 17.8. The molecule has 0 aliphatic heterocycles. The number of pyridine rings is 1. The standard InChI is InChI=1S/C29H30N6O2/c1-18-6-8-22(9-7-18)16-34-21(4)28(20(3)33-34)31-26(36)17-35-29-27(19(2)32-35)25(14-15-30-29)23-10-12-24(37-5)13-11-23/h6-15H,16-17H2,1-5H3,(H,31,36). The summed E-state index contributed by atoms with van der Waals surface area (Å²) >= 11 is 0. The minimum Gasteiger partial charge on any atom is -0.497 e.